The quantitative estimate of drug-likeness (QED) is 0.663. The first-order valence-electron chi connectivity index (χ1n) is 8.23. The molecule has 0 saturated carbocycles. The van der Waals surface area contributed by atoms with Crippen molar-refractivity contribution in [1.82, 2.24) is 20.1 Å². The number of hydrogen-bond donors (Lipinski definition) is 0. The molecule has 0 radical (unpaired) electrons. The summed E-state index contributed by atoms with van der Waals surface area (Å²) < 4.78 is 5.63. The Kier molecular flexibility index (Phi) is 5.51. The van der Waals surface area contributed by atoms with E-state index in [0.29, 0.717) is 31.2 Å². The van der Waals surface area contributed by atoms with E-state index in [1.54, 1.807) is 17.3 Å². The minimum atomic E-state index is 0.0634. The highest BCUT2D eigenvalue weighted by molar-refractivity contribution is 5.76. The fraction of sp³-hybridized carbons (Fsp3) is 0.263. The highest BCUT2D eigenvalue weighted by Gasteiger charge is 2.13. The van der Waals surface area contributed by atoms with Crippen LogP contribution in [0.15, 0.2) is 59.3 Å². The van der Waals surface area contributed by atoms with Crippen molar-refractivity contribution in [3.63, 3.8) is 0 Å². The number of aromatic nitrogens is 3. The summed E-state index contributed by atoms with van der Waals surface area (Å²) in [5.74, 6) is 1.03. The Hall–Kier alpha value is -3.02. The predicted octanol–water partition coefficient (Wildman–Crippen LogP) is 2.77. The number of aryl methyl sites for hydroxylation is 1. The van der Waals surface area contributed by atoms with Crippen molar-refractivity contribution >= 4 is 5.91 Å². The average Bonchev–Trinajstić information content (AvgIpc) is 3.15. The van der Waals surface area contributed by atoms with Gasteiger partial charge in [0, 0.05) is 44.4 Å². The van der Waals surface area contributed by atoms with Crippen molar-refractivity contribution in [3.8, 4) is 11.5 Å². The van der Waals surface area contributed by atoms with Crippen LogP contribution >= 0.6 is 0 Å². The molecule has 25 heavy (non-hydrogen) atoms. The molecule has 6 nitrogen and oxygen atoms in total. The molecule has 0 N–H and O–H groups in total. The summed E-state index contributed by atoms with van der Waals surface area (Å²) in [7, 11) is 1.81. The third-order valence-electron chi connectivity index (χ3n) is 3.95. The van der Waals surface area contributed by atoms with Crippen LogP contribution in [0.2, 0.25) is 0 Å². The molecule has 128 valence electrons. The van der Waals surface area contributed by atoms with Gasteiger partial charge < -0.3 is 9.32 Å². The lowest BCUT2D eigenvalue weighted by Gasteiger charge is -2.16. The standard InChI is InChI=1S/C19H20N4O2/c1-23(14-11-15-9-12-20-13-10-15)18(24)8-7-17-21-22-19(25-17)16-5-3-2-4-6-16/h2-6,9-10,12-13H,7-8,11,14H2,1H3. The first-order chi connectivity index (χ1) is 12.2. The molecule has 2 aromatic heterocycles. The van der Waals surface area contributed by atoms with Crippen molar-refractivity contribution < 1.29 is 9.21 Å². The number of likely N-dealkylation sites (N-methyl/N-ethyl adjacent to an activating group) is 1. The zero-order valence-electron chi connectivity index (χ0n) is 14.1. The first-order valence-corrected chi connectivity index (χ1v) is 8.23. The Bertz CT molecular complexity index is 803. The Morgan fingerprint density at radius 1 is 1.04 bits per heavy atom. The maximum absolute atomic E-state index is 12.2. The van der Waals surface area contributed by atoms with Gasteiger partial charge in [0.05, 0.1) is 0 Å². The average molecular weight is 336 g/mol. The van der Waals surface area contributed by atoms with Crippen molar-refractivity contribution in [1.29, 1.82) is 0 Å². The lowest BCUT2D eigenvalue weighted by molar-refractivity contribution is -0.129. The normalized spacial score (nSPS) is 10.6. The van der Waals surface area contributed by atoms with Gasteiger partial charge in [0.15, 0.2) is 0 Å². The molecular weight excluding hydrogens is 316 g/mol. The van der Waals surface area contributed by atoms with Crippen LogP contribution in [-0.4, -0.2) is 39.6 Å². The van der Waals surface area contributed by atoms with Crippen LogP contribution in [0.25, 0.3) is 11.5 Å². The number of benzene rings is 1. The van der Waals surface area contributed by atoms with Gasteiger partial charge in [-0.15, -0.1) is 10.2 Å². The molecule has 2 heterocycles. The van der Waals surface area contributed by atoms with Gasteiger partial charge in [-0.25, -0.2) is 0 Å². The summed E-state index contributed by atoms with van der Waals surface area (Å²) >= 11 is 0. The van der Waals surface area contributed by atoms with Crippen LogP contribution in [-0.2, 0) is 17.6 Å². The SMILES string of the molecule is CN(CCc1ccncc1)C(=O)CCc1nnc(-c2ccccc2)o1. The number of rotatable bonds is 7. The van der Waals surface area contributed by atoms with Gasteiger partial charge in [-0.3, -0.25) is 9.78 Å². The Morgan fingerprint density at radius 2 is 1.80 bits per heavy atom. The molecule has 0 unspecified atom stereocenters. The minimum Gasteiger partial charge on any atom is -0.421 e. The van der Waals surface area contributed by atoms with Crippen LogP contribution in [0.5, 0.6) is 0 Å². The lowest BCUT2D eigenvalue weighted by Crippen LogP contribution is -2.29. The molecule has 0 bridgehead atoms. The van der Waals surface area contributed by atoms with E-state index < -0.39 is 0 Å². The summed E-state index contributed by atoms with van der Waals surface area (Å²) in [5.41, 5.74) is 2.04. The Morgan fingerprint density at radius 3 is 2.56 bits per heavy atom. The summed E-state index contributed by atoms with van der Waals surface area (Å²) in [6.07, 6.45) is 5.12. The third-order valence-corrected chi connectivity index (χ3v) is 3.95. The largest absolute Gasteiger partial charge is 0.421 e. The molecule has 0 saturated heterocycles. The number of carbonyl (C=O) groups excluding carboxylic acids is 1. The molecule has 3 rings (SSSR count). The fourth-order valence-electron chi connectivity index (χ4n) is 2.43. The maximum atomic E-state index is 12.2. The van der Waals surface area contributed by atoms with Crippen LogP contribution in [0, 0.1) is 0 Å². The van der Waals surface area contributed by atoms with Crippen molar-refractivity contribution in [2.75, 3.05) is 13.6 Å². The number of hydrogen-bond acceptors (Lipinski definition) is 5. The molecule has 3 aromatic rings. The molecule has 0 atom stereocenters. The second kappa shape index (κ2) is 8.19. The smallest absolute Gasteiger partial charge is 0.247 e. The molecule has 0 fully saturated rings. The van der Waals surface area contributed by atoms with E-state index in [-0.39, 0.29) is 5.91 Å². The molecule has 6 heteroatoms. The summed E-state index contributed by atoms with van der Waals surface area (Å²) in [5, 5.41) is 8.06. The Balaban J connectivity index is 1.48. The van der Waals surface area contributed by atoms with Gasteiger partial charge in [0.25, 0.3) is 0 Å². The second-order valence-electron chi connectivity index (χ2n) is 5.79. The summed E-state index contributed by atoms with van der Waals surface area (Å²) in [6, 6.07) is 13.5. The maximum Gasteiger partial charge on any atom is 0.247 e. The zero-order valence-corrected chi connectivity index (χ0v) is 14.1. The molecule has 0 aliphatic rings. The zero-order chi connectivity index (χ0) is 17.5. The van der Waals surface area contributed by atoms with Gasteiger partial charge in [-0.2, -0.15) is 0 Å². The van der Waals surface area contributed by atoms with Crippen LogP contribution in [0.3, 0.4) is 0 Å². The molecule has 1 aromatic carbocycles. The van der Waals surface area contributed by atoms with Crippen molar-refractivity contribution in [2.45, 2.75) is 19.3 Å². The van der Waals surface area contributed by atoms with Gasteiger partial charge in [-0.1, -0.05) is 18.2 Å². The van der Waals surface area contributed by atoms with Gasteiger partial charge >= 0.3 is 0 Å². The number of nitrogens with zero attached hydrogens (tertiary/aromatic N) is 4. The van der Waals surface area contributed by atoms with Crippen LogP contribution in [0.4, 0.5) is 0 Å². The van der Waals surface area contributed by atoms with E-state index in [4.69, 9.17) is 4.42 Å². The highest BCUT2D eigenvalue weighted by atomic mass is 16.4. The van der Waals surface area contributed by atoms with Crippen LogP contribution in [0.1, 0.15) is 17.9 Å². The molecular formula is C19H20N4O2. The minimum absolute atomic E-state index is 0.0634. The van der Waals surface area contributed by atoms with Gasteiger partial charge in [0.1, 0.15) is 0 Å². The topological polar surface area (TPSA) is 72.1 Å². The summed E-state index contributed by atoms with van der Waals surface area (Å²) in [6.45, 7) is 0.669. The molecule has 1 amide bonds. The fourth-order valence-corrected chi connectivity index (χ4v) is 2.43. The van der Waals surface area contributed by atoms with E-state index in [1.165, 1.54) is 5.56 Å². The van der Waals surface area contributed by atoms with Crippen LogP contribution < -0.4 is 0 Å². The third kappa shape index (κ3) is 4.73. The Labute approximate surface area is 146 Å². The number of pyridine rings is 1. The second-order valence-corrected chi connectivity index (χ2v) is 5.79. The molecule has 0 aliphatic heterocycles. The highest BCUT2D eigenvalue weighted by Crippen LogP contribution is 2.17. The number of amides is 1. The number of carbonyl (C=O) groups is 1. The van der Waals surface area contributed by atoms with Crippen molar-refractivity contribution in [3.05, 3.63) is 66.3 Å². The van der Waals surface area contributed by atoms with Gasteiger partial charge in [0.2, 0.25) is 17.7 Å². The summed E-state index contributed by atoms with van der Waals surface area (Å²) in [4.78, 5) is 18.0. The van der Waals surface area contributed by atoms with Gasteiger partial charge in [-0.05, 0) is 36.2 Å². The van der Waals surface area contributed by atoms with Crippen molar-refractivity contribution in [2.24, 2.45) is 0 Å². The van der Waals surface area contributed by atoms with E-state index >= 15 is 0 Å². The molecule has 0 spiro atoms. The first kappa shape index (κ1) is 16.8. The molecule has 0 aliphatic carbocycles. The van der Waals surface area contributed by atoms with E-state index in [9.17, 15) is 4.79 Å². The van der Waals surface area contributed by atoms with E-state index in [0.717, 1.165) is 12.0 Å². The van der Waals surface area contributed by atoms with E-state index in [1.807, 2.05) is 49.5 Å². The van der Waals surface area contributed by atoms with E-state index in [2.05, 4.69) is 15.2 Å². The predicted molar refractivity (Wildman–Crippen MR) is 93.6 cm³/mol. The monoisotopic (exact) mass is 336 g/mol. The lowest BCUT2D eigenvalue weighted by atomic mass is 10.2.